The van der Waals surface area contributed by atoms with E-state index in [1.807, 2.05) is 6.07 Å². The number of ether oxygens (including phenoxy) is 2. The van der Waals surface area contributed by atoms with Gasteiger partial charge in [-0.25, -0.2) is 0 Å². The van der Waals surface area contributed by atoms with Crippen LogP contribution in [0, 0.1) is 25.7 Å². The first-order valence-electron chi connectivity index (χ1n) is 12.0. The highest BCUT2D eigenvalue weighted by Crippen LogP contribution is 2.45. The molecule has 3 atom stereocenters. The predicted molar refractivity (Wildman–Crippen MR) is 134 cm³/mol. The van der Waals surface area contributed by atoms with Gasteiger partial charge in [0, 0.05) is 23.5 Å². The number of carbonyl (C=O) groups is 1. The van der Waals surface area contributed by atoms with Gasteiger partial charge in [-0.15, -0.1) is 11.3 Å². The van der Waals surface area contributed by atoms with Crippen molar-refractivity contribution < 1.29 is 18.7 Å². The Kier molecular flexibility index (Phi) is 6.40. The van der Waals surface area contributed by atoms with Crippen molar-refractivity contribution in [1.29, 1.82) is 0 Å². The zero-order chi connectivity index (χ0) is 23.8. The number of nitrogens with zero attached hydrogens (tertiary/aromatic N) is 1. The molecule has 180 valence electrons. The summed E-state index contributed by atoms with van der Waals surface area (Å²) in [5, 5.41) is 4.03. The van der Waals surface area contributed by atoms with E-state index in [2.05, 4.69) is 50.0 Å². The van der Waals surface area contributed by atoms with Crippen LogP contribution >= 0.6 is 11.3 Å². The number of fused-ring (bicyclic) bond motifs is 1. The van der Waals surface area contributed by atoms with Gasteiger partial charge < -0.3 is 19.2 Å². The van der Waals surface area contributed by atoms with Gasteiger partial charge in [-0.2, -0.15) is 0 Å². The number of hydrogen-bond acceptors (Lipinski definition) is 6. The molecule has 7 heteroatoms. The second-order valence-electron chi connectivity index (χ2n) is 9.66. The molecule has 0 aliphatic carbocycles. The molecule has 2 aliphatic rings. The third-order valence-corrected chi connectivity index (χ3v) is 7.96. The zero-order valence-electron chi connectivity index (χ0n) is 20.2. The van der Waals surface area contributed by atoms with Gasteiger partial charge in [0.25, 0.3) is 5.91 Å². The van der Waals surface area contributed by atoms with Crippen LogP contribution in [0.1, 0.15) is 58.4 Å². The van der Waals surface area contributed by atoms with E-state index in [1.54, 1.807) is 23.5 Å². The van der Waals surface area contributed by atoms with Crippen LogP contribution in [-0.4, -0.2) is 37.1 Å². The number of likely N-dealkylation sites (tertiary alicyclic amines) is 1. The van der Waals surface area contributed by atoms with E-state index in [1.165, 1.54) is 23.1 Å². The van der Waals surface area contributed by atoms with Gasteiger partial charge in [-0.1, -0.05) is 19.9 Å². The van der Waals surface area contributed by atoms with E-state index in [0.717, 1.165) is 40.7 Å². The van der Waals surface area contributed by atoms with Gasteiger partial charge in [0.2, 0.25) is 0 Å². The fourth-order valence-electron chi connectivity index (χ4n) is 5.35. The number of nitrogens with one attached hydrogen (secondary N) is 1. The van der Waals surface area contributed by atoms with Gasteiger partial charge in [0.05, 0.1) is 12.3 Å². The van der Waals surface area contributed by atoms with Gasteiger partial charge >= 0.3 is 0 Å². The zero-order valence-corrected chi connectivity index (χ0v) is 21.0. The first kappa shape index (κ1) is 23.0. The van der Waals surface area contributed by atoms with Crippen LogP contribution in [0.25, 0.3) is 0 Å². The van der Waals surface area contributed by atoms with Crippen molar-refractivity contribution in [3.63, 3.8) is 0 Å². The number of furan rings is 1. The third-order valence-electron chi connectivity index (χ3n) is 6.82. The minimum absolute atomic E-state index is 0.00197. The molecular formula is C27H32N2O4S. The maximum atomic E-state index is 12.9. The van der Waals surface area contributed by atoms with E-state index >= 15 is 0 Å². The molecule has 0 unspecified atom stereocenters. The number of thiophene rings is 1. The lowest BCUT2D eigenvalue weighted by Gasteiger charge is -2.41. The number of carbonyl (C=O) groups excluding carboxylic acids is 1. The number of benzene rings is 1. The van der Waals surface area contributed by atoms with Crippen molar-refractivity contribution in [3.8, 4) is 11.5 Å². The van der Waals surface area contributed by atoms with E-state index in [-0.39, 0.29) is 11.9 Å². The lowest BCUT2D eigenvalue weighted by atomic mass is 9.87. The summed E-state index contributed by atoms with van der Waals surface area (Å²) in [5.74, 6) is 2.87. The first-order valence-corrected chi connectivity index (χ1v) is 12.8. The van der Waals surface area contributed by atoms with Crippen LogP contribution in [0.5, 0.6) is 11.5 Å². The normalized spacial score (nSPS) is 21.3. The highest BCUT2D eigenvalue weighted by Gasteiger charge is 2.34. The topological polar surface area (TPSA) is 63.9 Å². The molecule has 5 rings (SSSR count). The molecule has 1 saturated heterocycles. The van der Waals surface area contributed by atoms with Gasteiger partial charge in [0.1, 0.15) is 18.2 Å². The Hall–Kier alpha value is -2.77. The number of anilines is 1. The number of piperidine rings is 1. The third kappa shape index (κ3) is 4.46. The molecule has 2 aromatic heterocycles. The standard InChI is InChI=1S/C27H32N2O4S/c1-16-12-17(2)15-29(14-16)25(20-7-8-21-23(13-20)33-11-10-32-21)24-18(3)19(4)34-27(24)28-26(30)22-6-5-9-31-22/h5-9,13,16-17,25H,10-12,14-15H2,1-4H3,(H,28,30)/t16-,17+,25-/m0/s1. The molecule has 34 heavy (non-hydrogen) atoms. The summed E-state index contributed by atoms with van der Waals surface area (Å²) in [7, 11) is 0. The maximum Gasteiger partial charge on any atom is 0.291 e. The van der Waals surface area contributed by atoms with Crippen molar-refractivity contribution in [1.82, 2.24) is 4.90 Å². The molecule has 1 aromatic carbocycles. The van der Waals surface area contributed by atoms with Gasteiger partial charge in [-0.05, 0) is 67.5 Å². The SMILES string of the molecule is Cc1sc(NC(=O)c2ccco2)c([C@H](c2ccc3c(c2)OCCO3)N2C[C@H](C)C[C@H](C)C2)c1C. The minimum Gasteiger partial charge on any atom is -0.486 e. The summed E-state index contributed by atoms with van der Waals surface area (Å²) in [6.45, 7) is 12.1. The monoisotopic (exact) mass is 480 g/mol. The molecule has 1 amide bonds. The molecule has 6 nitrogen and oxygen atoms in total. The molecule has 0 radical (unpaired) electrons. The van der Waals surface area contributed by atoms with Crippen molar-refractivity contribution >= 4 is 22.2 Å². The minimum atomic E-state index is -0.228. The summed E-state index contributed by atoms with van der Waals surface area (Å²) in [6, 6.07) is 9.70. The maximum absolute atomic E-state index is 12.9. The summed E-state index contributed by atoms with van der Waals surface area (Å²) < 4.78 is 17.1. The van der Waals surface area contributed by atoms with Crippen LogP contribution in [0.3, 0.4) is 0 Å². The molecule has 1 fully saturated rings. The second-order valence-corrected chi connectivity index (χ2v) is 10.9. The Balaban J connectivity index is 1.60. The summed E-state index contributed by atoms with van der Waals surface area (Å²) >= 11 is 1.63. The fraction of sp³-hybridized carbons (Fsp3) is 0.444. The lowest BCUT2D eigenvalue weighted by molar-refractivity contribution is 0.0995. The number of hydrogen-bond donors (Lipinski definition) is 1. The largest absolute Gasteiger partial charge is 0.486 e. The van der Waals surface area contributed by atoms with Gasteiger partial charge in [0.15, 0.2) is 17.3 Å². The summed E-state index contributed by atoms with van der Waals surface area (Å²) in [4.78, 5) is 16.7. The van der Waals surface area contributed by atoms with Crippen molar-refractivity contribution in [2.45, 2.75) is 40.2 Å². The molecule has 1 N–H and O–H groups in total. The van der Waals surface area contributed by atoms with Crippen molar-refractivity contribution in [3.05, 3.63) is 63.9 Å². The molecule has 0 spiro atoms. The Morgan fingerprint density at radius 2 is 1.82 bits per heavy atom. The number of rotatable bonds is 5. The Bertz CT molecular complexity index is 1160. The quantitative estimate of drug-likeness (QED) is 0.482. The van der Waals surface area contributed by atoms with Gasteiger partial charge in [-0.3, -0.25) is 9.69 Å². The molecule has 3 aromatic rings. The van der Waals surface area contributed by atoms with Crippen molar-refractivity contribution in [2.24, 2.45) is 11.8 Å². The number of amides is 1. The fourth-order valence-corrected chi connectivity index (χ4v) is 6.44. The Morgan fingerprint density at radius 3 is 2.53 bits per heavy atom. The van der Waals surface area contributed by atoms with E-state index in [9.17, 15) is 4.79 Å². The molecule has 2 aliphatic heterocycles. The van der Waals surface area contributed by atoms with E-state index in [4.69, 9.17) is 13.9 Å². The van der Waals surface area contributed by atoms with Crippen LogP contribution in [0.15, 0.2) is 41.0 Å². The van der Waals surface area contributed by atoms with Crippen LogP contribution < -0.4 is 14.8 Å². The molecule has 4 heterocycles. The molecular weight excluding hydrogens is 448 g/mol. The Labute approximate surface area is 204 Å². The average molecular weight is 481 g/mol. The summed E-state index contributed by atoms with van der Waals surface area (Å²) in [5.41, 5.74) is 3.52. The molecule has 0 saturated carbocycles. The van der Waals surface area contributed by atoms with E-state index in [0.29, 0.717) is 30.8 Å². The predicted octanol–water partition coefficient (Wildman–Crippen LogP) is 6.05. The van der Waals surface area contributed by atoms with Crippen LogP contribution in [0.2, 0.25) is 0 Å². The van der Waals surface area contributed by atoms with E-state index < -0.39 is 0 Å². The van der Waals surface area contributed by atoms with Crippen LogP contribution in [0.4, 0.5) is 5.00 Å². The lowest BCUT2D eigenvalue weighted by Crippen LogP contribution is -2.41. The smallest absolute Gasteiger partial charge is 0.291 e. The average Bonchev–Trinajstić information content (AvgIpc) is 3.44. The highest BCUT2D eigenvalue weighted by atomic mass is 32.1. The van der Waals surface area contributed by atoms with Crippen molar-refractivity contribution in [2.75, 3.05) is 31.6 Å². The number of aryl methyl sites for hydroxylation is 1. The second kappa shape index (κ2) is 9.47. The van der Waals surface area contributed by atoms with Crippen LogP contribution in [-0.2, 0) is 0 Å². The first-order chi connectivity index (χ1) is 16.4. The summed E-state index contributed by atoms with van der Waals surface area (Å²) in [6.07, 6.45) is 2.75. The highest BCUT2D eigenvalue weighted by molar-refractivity contribution is 7.16. The Morgan fingerprint density at radius 1 is 1.09 bits per heavy atom. The molecule has 0 bridgehead atoms.